The highest BCUT2D eigenvalue weighted by Gasteiger charge is 2.45. The highest BCUT2D eigenvalue weighted by atomic mass is 32.2. The van der Waals surface area contributed by atoms with Crippen molar-refractivity contribution < 1.29 is 28.0 Å². The summed E-state index contributed by atoms with van der Waals surface area (Å²) < 4.78 is 23.2. The molecular weight excluding hydrogens is 328 g/mol. The minimum atomic E-state index is -3.77. The summed E-state index contributed by atoms with van der Waals surface area (Å²) in [5.74, 6) is -2.05. The van der Waals surface area contributed by atoms with E-state index in [9.17, 15) is 33.2 Å². The van der Waals surface area contributed by atoms with Crippen LogP contribution in [0, 0.1) is 10.1 Å². The molecule has 0 atom stereocenters. The number of carbonyl (C=O) groups is 2. The lowest BCUT2D eigenvalue weighted by molar-refractivity contribution is -0.385. The Hall–Kier alpha value is -2.49. The molecule has 2 N–H and O–H groups in total. The van der Waals surface area contributed by atoms with Gasteiger partial charge >= 0.3 is 5.97 Å². The number of nitrogens with zero attached hydrogens (tertiary/aromatic N) is 1. The number of benzene rings is 1. The fourth-order valence-electron chi connectivity index (χ4n) is 2.25. The molecule has 1 aromatic rings. The summed E-state index contributed by atoms with van der Waals surface area (Å²) in [5.41, 5.74) is -2.23. The molecule has 0 aliphatic heterocycles. The number of rotatable bonds is 5. The zero-order valence-electron chi connectivity index (χ0n) is 12.1. The molecule has 1 aliphatic rings. The molecule has 1 saturated carbocycles. The van der Waals surface area contributed by atoms with E-state index in [4.69, 9.17) is 0 Å². The molecule has 124 valence electrons. The van der Waals surface area contributed by atoms with Crippen LogP contribution in [0.5, 0.6) is 0 Å². The normalized spacial score (nSPS) is 16.2. The fraction of sp³-hybridized carbons (Fsp3) is 0.385. The van der Waals surface area contributed by atoms with E-state index in [0.29, 0.717) is 6.42 Å². The minimum absolute atomic E-state index is 0.252. The van der Waals surface area contributed by atoms with Gasteiger partial charge in [-0.2, -0.15) is 0 Å². The van der Waals surface area contributed by atoms with E-state index in [1.807, 2.05) is 0 Å². The second-order valence-electron chi connectivity index (χ2n) is 5.44. The van der Waals surface area contributed by atoms with Gasteiger partial charge in [0.2, 0.25) is 0 Å². The minimum Gasteiger partial charge on any atom is -0.480 e. The Balaban J connectivity index is 2.42. The van der Waals surface area contributed by atoms with Crippen LogP contribution in [-0.4, -0.2) is 42.1 Å². The number of nitro groups is 1. The van der Waals surface area contributed by atoms with Crippen LogP contribution in [0.25, 0.3) is 0 Å². The van der Waals surface area contributed by atoms with Gasteiger partial charge in [0.1, 0.15) is 5.54 Å². The zero-order valence-corrected chi connectivity index (χ0v) is 12.9. The van der Waals surface area contributed by atoms with Gasteiger partial charge in [0, 0.05) is 24.0 Å². The average Bonchev–Trinajstić information content (AvgIpc) is 2.40. The summed E-state index contributed by atoms with van der Waals surface area (Å²) in [6.45, 7) is 0. The third-order valence-electron chi connectivity index (χ3n) is 3.76. The van der Waals surface area contributed by atoms with Crippen molar-refractivity contribution in [2.45, 2.75) is 29.7 Å². The number of carboxylic acids is 1. The van der Waals surface area contributed by atoms with Gasteiger partial charge in [-0.1, -0.05) is 0 Å². The van der Waals surface area contributed by atoms with Gasteiger partial charge < -0.3 is 10.4 Å². The largest absolute Gasteiger partial charge is 0.480 e. The van der Waals surface area contributed by atoms with Crippen LogP contribution in [0.2, 0.25) is 0 Å². The molecule has 2 rings (SSSR count). The molecule has 1 aliphatic carbocycles. The summed E-state index contributed by atoms with van der Waals surface area (Å²) >= 11 is 0. The zero-order chi connectivity index (χ0) is 17.4. The average molecular weight is 342 g/mol. The Morgan fingerprint density at radius 2 is 1.91 bits per heavy atom. The second kappa shape index (κ2) is 5.61. The standard InChI is InChI=1S/C13H14N2O7S/c1-23(21,22)10-6-8(5-9(7-10)15(19)20)11(16)14-13(12(17)18)3-2-4-13/h5-7H,2-4H2,1H3,(H,14,16)(H,17,18). The van der Waals surface area contributed by atoms with Crippen molar-refractivity contribution in [1.82, 2.24) is 5.32 Å². The first kappa shape index (κ1) is 16.9. The van der Waals surface area contributed by atoms with Crippen molar-refractivity contribution in [1.29, 1.82) is 0 Å². The topological polar surface area (TPSA) is 144 Å². The third-order valence-corrected chi connectivity index (χ3v) is 4.85. The number of amides is 1. The number of hydrogen-bond acceptors (Lipinski definition) is 6. The van der Waals surface area contributed by atoms with Crippen molar-refractivity contribution in [2.24, 2.45) is 0 Å². The van der Waals surface area contributed by atoms with Crippen molar-refractivity contribution in [3.63, 3.8) is 0 Å². The lowest BCUT2D eigenvalue weighted by atomic mass is 9.76. The molecule has 0 spiro atoms. The molecule has 0 unspecified atom stereocenters. The van der Waals surface area contributed by atoms with Crippen LogP contribution in [-0.2, 0) is 14.6 Å². The summed E-state index contributed by atoms with van der Waals surface area (Å²) in [5, 5.41) is 22.4. The third kappa shape index (κ3) is 3.31. The number of nitro benzene ring substituents is 1. The van der Waals surface area contributed by atoms with Gasteiger partial charge in [-0.05, 0) is 25.3 Å². The quantitative estimate of drug-likeness (QED) is 0.593. The summed E-state index contributed by atoms with van der Waals surface area (Å²) in [6.07, 6.45) is 2.00. The molecular formula is C13H14N2O7S. The van der Waals surface area contributed by atoms with Crippen LogP contribution >= 0.6 is 0 Å². The van der Waals surface area contributed by atoms with E-state index in [-0.39, 0.29) is 23.3 Å². The maximum atomic E-state index is 12.2. The predicted octanol–water partition coefficient (Wildman–Crippen LogP) is 0.735. The molecule has 10 heteroatoms. The van der Waals surface area contributed by atoms with E-state index in [2.05, 4.69) is 5.32 Å². The van der Waals surface area contributed by atoms with Gasteiger partial charge in [0.25, 0.3) is 11.6 Å². The fourth-order valence-corrected chi connectivity index (χ4v) is 2.92. The molecule has 1 aromatic carbocycles. The van der Waals surface area contributed by atoms with Crippen molar-refractivity contribution >= 4 is 27.4 Å². The number of non-ortho nitro benzene ring substituents is 1. The van der Waals surface area contributed by atoms with Gasteiger partial charge in [0.05, 0.1) is 9.82 Å². The number of carboxylic acid groups (broad SMARTS) is 1. The lowest BCUT2D eigenvalue weighted by Crippen LogP contribution is -2.59. The molecule has 0 heterocycles. The van der Waals surface area contributed by atoms with Gasteiger partial charge in [-0.25, -0.2) is 13.2 Å². The van der Waals surface area contributed by atoms with Crippen LogP contribution in [0.3, 0.4) is 0 Å². The molecule has 1 fully saturated rings. The Kier molecular flexibility index (Phi) is 4.12. The molecule has 23 heavy (non-hydrogen) atoms. The number of hydrogen-bond donors (Lipinski definition) is 2. The second-order valence-corrected chi connectivity index (χ2v) is 7.46. The Morgan fingerprint density at radius 3 is 2.30 bits per heavy atom. The van der Waals surface area contributed by atoms with Crippen LogP contribution in [0.4, 0.5) is 5.69 Å². The predicted molar refractivity (Wildman–Crippen MR) is 77.9 cm³/mol. The number of aliphatic carboxylic acids is 1. The summed E-state index contributed by atoms with van der Waals surface area (Å²) in [4.78, 5) is 33.2. The van der Waals surface area contributed by atoms with Crippen LogP contribution in [0.15, 0.2) is 23.1 Å². The maximum Gasteiger partial charge on any atom is 0.329 e. The number of sulfone groups is 1. The monoisotopic (exact) mass is 342 g/mol. The Morgan fingerprint density at radius 1 is 1.30 bits per heavy atom. The molecule has 0 saturated heterocycles. The van der Waals surface area contributed by atoms with Crippen LogP contribution < -0.4 is 5.32 Å². The van der Waals surface area contributed by atoms with Crippen molar-refractivity contribution in [2.75, 3.05) is 6.26 Å². The summed E-state index contributed by atoms with van der Waals surface area (Å²) in [6, 6.07) is 2.76. The molecule has 0 bridgehead atoms. The van der Waals surface area contributed by atoms with Gasteiger partial charge in [-0.15, -0.1) is 0 Å². The number of carbonyl (C=O) groups excluding carboxylic acids is 1. The van der Waals surface area contributed by atoms with E-state index >= 15 is 0 Å². The lowest BCUT2D eigenvalue weighted by Gasteiger charge is -2.38. The Labute approximate surface area is 131 Å². The highest BCUT2D eigenvalue weighted by molar-refractivity contribution is 7.90. The highest BCUT2D eigenvalue weighted by Crippen LogP contribution is 2.32. The first-order chi connectivity index (χ1) is 10.5. The maximum absolute atomic E-state index is 12.2. The van der Waals surface area contributed by atoms with Crippen LogP contribution in [0.1, 0.15) is 29.6 Å². The van der Waals surface area contributed by atoms with E-state index < -0.39 is 37.9 Å². The molecule has 1 amide bonds. The SMILES string of the molecule is CS(=O)(=O)c1cc(C(=O)NC2(C(=O)O)CCC2)cc([N+](=O)[O-])c1. The molecule has 0 radical (unpaired) electrons. The Bertz CT molecular complexity index is 797. The molecule has 9 nitrogen and oxygen atoms in total. The smallest absolute Gasteiger partial charge is 0.329 e. The van der Waals surface area contributed by atoms with Gasteiger partial charge in [-0.3, -0.25) is 14.9 Å². The van der Waals surface area contributed by atoms with Crippen molar-refractivity contribution in [3.05, 3.63) is 33.9 Å². The van der Waals surface area contributed by atoms with E-state index in [1.54, 1.807) is 0 Å². The van der Waals surface area contributed by atoms with Gasteiger partial charge in [0.15, 0.2) is 9.84 Å². The van der Waals surface area contributed by atoms with E-state index in [0.717, 1.165) is 24.5 Å². The summed E-state index contributed by atoms with van der Waals surface area (Å²) in [7, 11) is -3.77. The number of nitrogens with one attached hydrogen (secondary N) is 1. The van der Waals surface area contributed by atoms with Crippen molar-refractivity contribution in [3.8, 4) is 0 Å². The molecule has 0 aromatic heterocycles. The first-order valence-corrected chi connectivity index (χ1v) is 8.50. The van der Waals surface area contributed by atoms with E-state index in [1.165, 1.54) is 0 Å². The first-order valence-electron chi connectivity index (χ1n) is 6.61.